The Kier molecular flexibility index (Phi) is 3.68. The molecule has 0 atom stereocenters. The number of hydrogen-bond acceptors (Lipinski definition) is 2. The zero-order chi connectivity index (χ0) is 9.68. The fraction of sp³-hybridized carbons (Fsp3) is 0.111. The van der Waals surface area contributed by atoms with Gasteiger partial charge in [-0.2, -0.15) is 0 Å². The Morgan fingerprint density at radius 2 is 2.15 bits per heavy atom. The van der Waals surface area contributed by atoms with E-state index in [9.17, 15) is 9.59 Å². The van der Waals surface area contributed by atoms with E-state index < -0.39 is 5.97 Å². The summed E-state index contributed by atoms with van der Waals surface area (Å²) in [5, 5.41) is 8.59. The molecule has 0 radical (unpaired) electrons. The minimum absolute atomic E-state index is 0.123. The number of carboxylic acids is 1. The van der Waals surface area contributed by atoms with E-state index in [4.69, 9.17) is 5.11 Å². The Balaban J connectivity index is 2.75. The molecule has 1 N–H and O–H groups in total. The molecule has 0 bridgehead atoms. The maximum absolute atomic E-state index is 10.5. The van der Waals surface area contributed by atoms with Gasteiger partial charge in [-0.05, 0) is 0 Å². The molecule has 1 aromatic carbocycles. The summed E-state index contributed by atoms with van der Waals surface area (Å²) in [6.45, 7) is 0. The van der Waals surface area contributed by atoms with Crippen LogP contribution in [-0.2, 0) is 4.79 Å². The van der Waals surface area contributed by atoms with Crippen molar-refractivity contribution in [1.82, 2.24) is 0 Å². The molecule has 68 valence electrons. The summed E-state index contributed by atoms with van der Waals surface area (Å²) in [4.78, 5) is 20.8. The third-order valence-corrected chi connectivity index (χ3v) is 3.65. The Bertz CT molecular complexity index is 322. The molecule has 0 aromatic heterocycles. The average Bonchev–Trinajstić information content (AvgIpc) is 2.15. The third kappa shape index (κ3) is 3.01. The molecule has 13 heavy (non-hydrogen) atoms. The van der Waals surface area contributed by atoms with E-state index in [1.54, 1.807) is 18.2 Å². The van der Waals surface area contributed by atoms with Gasteiger partial charge in [0.2, 0.25) is 0 Å². The van der Waals surface area contributed by atoms with Gasteiger partial charge in [-0.3, -0.25) is 0 Å². The first-order chi connectivity index (χ1) is 6.24. The van der Waals surface area contributed by atoms with Gasteiger partial charge >= 0.3 is 81.5 Å². The Labute approximate surface area is 81.9 Å². The van der Waals surface area contributed by atoms with Crippen LogP contribution in [0, 0.1) is 0 Å². The molecular formula is C9H8O3Se. The summed E-state index contributed by atoms with van der Waals surface area (Å²) in [6, 6.07) is 7.08. The van der Waals surface area contributed by atoms with E-state index in [0.717, 1.165) is 10.7 Å². The summed E-state index contributed by atoms with van der Waals surface area (Å²) in [5.41, 5.74) is 0.601. The molecule has 0 aliphatic rings. The van der Waals surface area contributed by atoms with Crippen molar-refractivity contribution in [3.8, 4) is 0 Å². The Hall–Kier alpha value is -1.12. The van der Waals surface area contributed by atoms with Gasteiger partial charge in [0, 0.05) is 0 Å². The predicted octanol–water partition coefficient (Wildman–Crippen LogP) is 0.331. The Morgan fingerprint density at radius 1 is 1.46 bits per heavy atom. The van der Waals surface area contributed by atoms with Crippen molar-refractivity contribution < 1.29 is 14.7 Å². The quantitative estimate of drug-likeness (QED) is 0.612. The summed E-state index contributed by atoms with van der Waals surface area (Å²) in [7, 11) is 0. The monoisotopic (exact) mass is 244 g/mol. The molecule has 0 heterocycles. The number of rotatable bonds is 4. The van der Waals surface area contributed by atoms with E-state index in [1.807, 2.05) is 6.07 Å². The molecule has 1 rings (SSSR count). The molecule has 0 fully saturated rings. The first kappa shape index (κ1) is 9.96. The normalized spacial score (nSPS) is 9.54. The van der Waals surface area contributed by atoms with E-state index in [0.29, 0.717) is 5.56 Å². The van der Waals surface area contributed by atoms with Gasteiger partial charge in [-0.25, -0.2) is 0 Å². The van der Waals surface area contributed by atoms with Crippen LogP contribution in [-0.4, -0.2) is 32.3 Å². The van der Waals surface area contributed by atoms with Crippen LogP contribution in [0.1, 0.15) is 10.4 Å². The van der Waals surface area contributed by atoms with Crippen LogP contribution in [0.25, 0.3) is 0 Å². The van der Waals surface area contributed by atoms with Crippen LogP contribution in [0.15, 0.2) is 24.3 Å². The molecule has 0 aliphatic heterocycles. The van der Waals surface area contributed by atoms with Crippen molar-refractivity contribution >= 4 is 31.7 Å². The first-order valence-corrected chi connectivity index (χ1v) is 5.69. The number of carbonyl (C=O) groups excluding carboxylic acids is 1. The van der Waals surface area contributed by atoms with Crippen molar-refractivity contribution in [2.75, 3.05) is 0 Å². The van der Waals surface area contributed by atoms with Crippen LogP contribution < -0.4 is 4.46 Å². The zero-order valence-corrected chi connectivity index (χ0v) is 8.48. The second kappa shape index (κ2) is 4.80. The van der Waals surface area contributed by atoms with E-state index >= 15 is 0 Å². The molecule has 0 saturated heterocycles. The number of aliphatic carboxylic acids is 1. The van der Waals surface area contributed by atoms with Crippen LogP contribution >= 0.6 is 0 Å². The van der Waals surface area contributed by atoms with E-state index in [-0.39, 0.29) is 20.3 Å². The average molecular weight is 243 g/mol. The standard InChI is InChI=1S/C9H8O3Se/c10-5-7-3-1-2-4-8(7)13-6-9(11)12/h1-5H,6H2,(H,11,12). The van der Waals surface area contributed by atoms with Crippen LogP contribution in [0.5, 0.6) is 0 Å². The van der Waals surface area contributed by atoms with Crippen molar-refractivity contribution in [3.63, 3.8) is 0 Å². The minimum atomic E-state index is -0.819. The van der Waals surface area contributed by atoms with Gasteiger partial charge in [-0.1, -0.05) is 0 Å². The van der Waals surface area contributed by atoms with Gasteiger partial charge in [0.1, 0.15) is 0 Å². The number of carboxylic acid groups (broad SMARTS) is 1. The number of carbonyl (C=O) groups is 2. The van der Waals surface area contributed by atoms with Crippen LogP contribution in [0.3, 0.4) is 0 Å². The topological polar surface area (TPSA) is 54.4 Å². The Morgan fingerprint density at radius 3 is 2.77 bits per heavy atom. The molecule has 0 unspecified atom stereocenters. The van der Waals surface area contributed by atoms with Crippen molar-refractivity contribution in [2.24, 2.45) is 0 Å². The van der Waals surface area contributed by atoms with Gasteiger partial charge in [-0.15, -0.1) is 0 Å². The molecule has 0 spiro atoms. The first-order valence-electron chi connectivity index (χ1n) is 3.63. The van der Waals surface area contributed by atoms with Gasteiger partial charge in [0.25, 0.3) is 0 Å². The molecule has 1 aromatic rings. The molecule has 0 amide bonds. The van der Waals surface area contributed by atoms with Crippen molar-refractivity contribution in [1.29, 1.82) is 0 Å². The summed E-state index contributed by atoms with van der Waals surface area (Å²) in [5.74, 6) is -0.819. The van der Waals surface area contributed by atoms with Gasteiger partial charge in [0.05, 0.1) is 0 Å². The molecule has 0 aliphatic carbocycles. The van der Waals surface area contributed by atoms with E-state index in [1.165, 1.54) is 0 Å². The van der Waals surface area contributed by atoms with Crippen LogP contribution in [0.2, 0.25) is 5.32 Å². The van der Waals surface area contributed by atoms with Gasteiger partial charge < -0.3 is 0 Å². The molecular weight excluding hydrogens is 235 g/mol. The number of aldehydes is 1. The predicted molar refractivity (Wildman–Crippen MR) is 49.7 cm³/mol. The fourth-order valence-electron chi connectivity index (χ4n) is 0.849. The summed E-state index contributed by atoms with van der Waals surface area (Å²) >= 11 is -0.149. The second-order valence-electron chi connectivity index (χ2n) is 2.34. The molecule has 4 heteroatoms. The second-order valence-corrected chi connectivity index (χ2v) is 4.47. The molecule has 0 saturated carbocycles. The SMILES string of the molecule is O=Cc1ccccc1[Se]CC(=O)O. The third-order valence-electron chi connectivity index (χ3n) is 1.40. The maximum atomic E-state index is 10.5. The van der Waals surface area contributed by atoms with Crippen molar-refractivity contribution in [3.05, 3.63) is 29.8 Å². The van der Waals surface area contributed by atoms with Crippen molar-refractivity contribution in [2.45, 2.75) is 5.32 Å². The van der Waals surface area contributed by atoms with E-state index in [2.05, 4.69) is 0 Å². The zero-order valence-electron chi connectivity index (χ0n) is 6.77. The number of hydrogen-bond donors (Lipinski definition) is 1. The van der Waals surface area contributed by atoms with Crippen LogP contribution in [0.4, 0.5) is 0 Å². The summed E-state index contributed by atoms with van der Waals surface area (Å²) < 4.78 is 0.854. The fourth-order valence-corrected chi connectivity index (χ4v) is 2.39. The summed E-state index contributed by atoms with van der Waals surface area (Å²) in [6.07, 6.45) is 0.763. The number of benzene rings is 1. The molecule has 3 nitrogen and oxygen atoms in total. The van der Waals surface area contributed by atoms with Gasteiger partial charge in [0.15, 0.2) is 0 Å².